The molecule has 0 amide bonds. The third-order valence-corrected chi connectivity index (χ3v) is 2.82. The van der Waals surface area contributed by atoms with Gasteiger partial charge < -0.3 is 14.9 Å². The fourth-order valence-electron chi connectivity index (χ4n) is 1.67. The summed E-state index contributed by atoms with van der Waals surface area (Å²) in [5, 5.41) is 0.422. The maximum atomic E-state index is 12.8. The van der Waals surface area contributed by atoms with Crippen molar-refractivity contribution in [3.05, 3.63) is 64.4 Å². The molecule has 4 nitrogen and oxygen atoms in total. The lowest BCUT2D eigenvalue weighted by molar-refractivity contribution is 0.0600. The van der Waals surface area contributed by atoms with Crippen molar-refractivity contribution in [2.24, 2.45) is 0 Å². The molecular formula is C15H14ClFO4. The highest BCUT2D eigenvalue weighted by Crippen LogP contribution is 2.18. The minimum Gasteiger partial charge on any atom is -0.489 e. The Labute approximate surface area is 126 Å². The Bertz CT molecular complexity index is 614. The molecule has 0 unspecified atom stereocenters. The van der Waals surface area contributed by atoms with Crippen molar-refractivity contribution in [1.29, 1.82) is 0 Å². The molecule has 2 aromatic rings. The van der Waals surface area contributed by atoms with Crippen LogP contribution < -0.4 is 4.74 Å². The van der Waals surface area contributed by atoms with Crippen molar-refractivity contribution in [1.82, 2.24) is 0 Å². The highest BCUT2D eigenvalue weighted by molar-refractivity contribution is 6.31. The highest BCUT2D eigenvalue weighted by atomic mass is 35.5. The van der Waals surface area contributed by atoms with Gasteiger partial charge in [0.2, 0.25) is 0 Å². The van der Waals surface area contributed by atoms with E-state index in [9.17, 15) is 9.18 Å². The lowest BCUT2D eigenvalue weighted by Crippen LogP contribution is -2.03. The smallest absolute Gasteiger partial charge is 0.337 e. The molecular weight excluding hydrogens is 299 g/mol. The molecule has 112 valence electrons. The topological polar surface area (TPSA) is 67.0 Å². The van der Waals surface area contributed by atoms with Crippen LogP contribution >= 0.6 is 11.6 Å². The number of hydrogen-bond donors (Lipinski definition) is 0. The van der Waals surface area contributed by atoms with Crippen LogP contribution in [0, 0.1) is 5.82 Å². The minimum atomic E-state index is -0.462. The van der Waals surface area contributed by atoms with Crippen molar-refractivity contribution in [3.63, 3.8) is 0 Å². The van der Waals surface area contributed by atoms with Gasteiger partial charge in [0.15, 0.2) is 0 Å². The first-order chi connectivity index (χ1) is 9.58. The second-order valence-electron chi connectivity index (χ2n) is 4.08. The van der Waals surface area contributed by atoms with E-state index in [1.807, 2.05) is 0 Å². The number of rotatable bonds is 4. The van der Waals surface area contributed by atoms with E-state index in [4.69, 9.17) is 16.3 Å². The zero-order valence-electron chi connectivity index (χ0n) is 11.2. The Morgan fingerprint density at radius 2 is 1.86 bits per heavy atom. The van der Waals surface area contributed by atoms with Gasteiger partial charge in [-0.05, 0) is 48.0 Å². The second kappa shape index (κ2) is 7.61. The quantitative estimate of drug-likeness (QED) is 0.815. The van der Waals surface area contributed by atoms with Crippen LogP contribution in [0.15, 0.2) is 42.5 Å². The molecule has 0 atom stereocenters. The van der Waals surface area contributed by atoms with Gasteiger partial charge in [-0.2, -0.15) is 0 Å². The molecule has 0 spiro atoms. The molecule has 0 saturated carbocycles. The summed E-state index contributed by atoms with van der Waals surface area (Å²) in [6.07, 6.45) is 0. The summed E-state index contributed by atoms with van der Waals surface area (Å²) in [4.78, 5) is 11.5. The van der Waals surface area contributed by atoms with Gasteiger partial charge in [0.25, 0.3) is 0 Å². The molecule has 2 rings (SSSR count). The summed E-state index contributed by atoms with van der Waals surface area (Å²) < 4.78 is 22.9. The zero-order valence-corrected chi connectivity index (χ0v) is 12.0. The molecule has 2 aromatic carbocycles. The van der Waals surface area contributed by atoms with Gasteiger partial charge in [0, 0.05) is 5.02 Å². The van der Waals surface area contributed by atoms with E-state index in [0.29, 0.717) is 16.3 Å². The summed E-state index contributed by atoms with van der Waals surface area (Å²) >= 11 is 5.94. The molecule has 0 aliphatic heterocycles. The minimum absolute atomic E-state index is 0. The van der Waals surface area contributed by atoms with Crippen LogP contribution in [0.4, 0.5) is 4.39 Å². The zero-order chi connectivity index (χ0) is 14.5. The van der Waals surface area contributed by atoms with Gasteiger partial charge in [0.1, 0.15) is 18.2 Å². The normalized spacial score (nSPS) is 9.67. The van der Waals surface area contributed by atoms with Crippen LogP contribution in [-0.2, 0) is 11.3 Å². The van der Waals surface area contributed by atoms with E-state index in [-0.39, 0.29) is 17.9 Å². The first-order valence-electron chi connectivity index (χ1n) is 5.84. The molecule has 0 radical (unpaired) electrons. The molecule has 0 heterocycles. The Balaban J connectivity index is 0.00000220. The Hall–Kier alpha value is -2.11. The SMILES string of the molecule is COC(=O)c1cc(Cl)cc(COc2ccc(F)cc2)c1.O. The number of carbonyl (C=O) groups is 1. The van der Waals surface area contributed by atoms with E-state index in [2.05, 4.69) is 4.74 Å². The summed E-state index contributed by atoms with van der Waals surface area (Å²) in [5.74, 6) is -0.255. The van der Waals surface area contributed by atoms with Crippen molar-refractivity contribution in [3.8, 4) is 5.75 Å². The fraction of sp³-hybridized carbons (Fsp3) is 0.133. The summed E-state index contributed by atoms with van der Waals surface area (Å²) in [6, 6.07) is 10.5. The number of benzene rings is 2. The average molecular weight is 313 g/mol. The van der Waals surface area contributed by atoms with Crippen LogP contribution in [0.2, 0.25) is 5.02 Å². The highest BCUT2D eigenvalue weighted by Gasteiger charge is 2.08. The Morgan fingerprint density at radius 3 is 2.48 bits per heavy atom. The first kappa shape index (κ1) is 16.9. The molecule has 0 aromatic heterocycles. The van der Waals surface area contributed by atoms with Crippen molar-refractivity contribution < 1.29 is 24.1 Å². The lowest BCUT2D eigenvalue weighted by Gasteiger charge is -2.08. The van der Waals surface area contributed by atoms with Gasteiger partial charge in [-0.1, -0.05) is 11.6 Å². The van der Waals surface area contributed by atoms with Gasteiger partial charge in [-0.15, -0.1) is 0 Å². The average Bonchev–Trinajstić information content (AvgIpc) is 2.45. The van der Waals surface area contributed by atoms with Gasteiger partial charge in [-0.25, -0.2) is 9.18 Å². The van der Waals surface area contributed by atoms with Gasteiger partial charge in [0.05, 0.1) is 12.7 Å². The largest absolute Gasteiger partial charge is 0.489 e. The second-order valence-corrected chi connectivity index (χ2v) is 4.52. The summed E-state index contributed by atoms with van der Waals surface area (Å²) in [6.45, 7) is 0.218. The van der Waals surface area contributed by atoms with Crippen LogP contribution in [0.25, 0.3) is 0 Å². The number of methoxy groups -OCH3 is 1. The predicted molar refractivity (Wildman–Crippen MR) is 77.1 cm³/mol. The number of halogens is 2. The molecule has 21 heavy (non-hydrogen) atoms. The van der Waals surface area contributed by atoms with Crippen LogP contribution in [0.5, 0.6) is 5.75 Å². The molecule has 6 heteroatoms. The van der Waals surface area contributed by atoms with Gasteiger partial charge in [-0.3, -0.25) is 0 Å². The first-order valence-corrected chi connectivity index (χ1v) is 6.22. The molecule has 0 saturated heterocycles. The van der Waals surface area contributed by atoms with Crippen molar-refractivity contribution in [2.45, 2.75) is 6.61 Å². The fourth-order valence-corrected chi connectivity index (χ4v) is 1.92. The third kappa shape index (κ3) is 4.73. The molecule has 0 fully saturated rings. The molecule has 2 N–H and O–H groups in total. The summed E-state index contributed by atoms with van der Waals surface area (Å²) in [5.41, 5.74) is 1.08. The maximum Gasteiger partial charge on any atom is 0.337 e. The molecule has 0 bridgehead atoms. The van der Waals surface area contributed by atoms with E-state index in [1.165, 1.54) is 37.4 Å². The summed E-state index contributed by atoms with van der Waals surface area (Å²) in [7, 11) is 1.30. The van der Waals surface area contributed by atoms with Crippen LogP contribution in [0.1, 0.15) is 15.9 Å². The Morgan fingerprint density at radius 1 is 1.19 bits per heavy atom. The monoisotopic (exact) mass is 312 g/mol. The number of ether oxygens (including phenoxy) is 2. The number of esters is 1. The third-order valence-electron chi connectivity index (χ3n) is 2.60. The van der Waals surface area contributed by atoms with E-state index in [1.54, 1.807) is 12.1 Å². The van der Waals surface area contributed by atoms with E-state index < -0.39 is 5.97 Å². The number of carbonyl (C=O) groups excluding carboxylic acids is 1. The lowest BCUT2D eigenvalue weighted by atomic mass is 10.1. The molecule has 0 aliphatic carbocycles. The predicted octanol–water partition coefficient (Wildman–Crippen LogP) is 3.02. The van der Waals surface area contributed by atoms with E-state index >= 15 is 0 Å². The van der Waals surface area contributed by atoms with Gasteiger partial charge >= 0.3 is 5.97 Å². The maximum absolute atomic E-state index is 12.8. The standard InChI is InChI=1S/C15H12ClFO3.H2O/c1-19-15(18)11-6-10(7-12(16)8-11)9-20-14-4-2-13(17)3-5-14;/h2-8H,9H2,1H3;1H2. The molecule has 0 aliphatic rings. The van der Waals surface area contributed by atoms with E-state index in [0.717, 1.165) is 5.56 Å². The Kier molecular flexibility index (Phi) is 6.14. The van der Waals surface area contributed by atoms with Crippen molar-refractivity contribution in [2.75, 3.05) is 7.11 Å². The van der Waals surface area contributed by atoms with Crippen LogP contribution in [-0.4, -0.2) is 18.6 Å². The number of hydrogen-bond acceptors (Lipinski definition) is 3. The van der Waals surface area contributed by atoms with Crippen LogP contribution in [0.3, 0.4) is 0 Å². The van der Waals surface area contributed by atoms with Crippen molar-refractivity contribution >= 4 is 17.6 Å².